The molecule has 4 N–H and O–H groups in total. The second-order valence-electron chi connectivity index (χ2n) is 3.98. The average molecular weight is 199 g/mol. The summed E-state index contributed by atoms with van der Waals surface area (Å²) in [5, 5.41) is 12.5. The van der Waals surface area contributed by atoms with Crippen molar-refractivity contribution in [2.24, 2.45) is 10.7 Å². The van der Waals surface area contributed by atoms with Gasteiger partial charge in [0, 0.05) is 6.54 Å². The van der Waals surface area contributed by atoms with Crippen LogP contribution >= 0.6 is 0 Å². The van der Waals surface area contributed by atoms with Crippen LogP contribution in [-0.4, -0.2) is 29.8 Å². The van der Waals surface area contributed by atoms with E-state index in [1.807, 2.05) is 6.92 Å². The molecule has 1 aliphatic carbocycles. The van der Waals surface area contributed by atoms with E-state index >= 15 is 0 Å². The Morgan fingerprint density at radius 1 is 1.43 bits per heavy atom. The molecule has 1 aliphatic rings. The molecule has 0 aromatic rings. The van der Waals surface area contributed by atoms with E-state index in [9.17, 15) is 5.11 Å². The number of aliphatic hydroxyl groups is 1. The van der Waals surface area contributed by atoms with Gasteiger partial charge in [0.2, 0.25) is 0 Å². The first kappa shape index (κ1) is 11.3. The standard InChI is InChI=1S/C10H21N3O/c1-2-12-9(11)13-10(8-14)6-4-3-5-7-10/h14H,2-8H2,1H3,(H3,11,12,13). The minimum Gasteiger partial charge on any atom is -0.394 e. The summed E-state index contributed by atoms with van der Waals surface area (Å²) >= 11 is 0. The first-order valence-electron chi connectivity index (χ1n) is 5.41. The molecule has 4 heteroatoms. The van der Waals surface area contributed by atoms with Crippen LogP contribution in [0.4, 0.5) is 0 Å². The fourth-order valence-electron chi connectivity index (χ4n) is 2.03. The number of hydrogen-bond acceptors (Lipinski definition) is 2. The molecule has 1 saturated carbocycles. The van der Waals surface area contributed by atoms with E-state index in [-0.39, 0.29) is 12.1 Å². The van der Waals surface area contributed by atoms with Crippen molar-refractivity contribution >= 4 is 5.96 Å². The summed E-state index contributed by atoms with van der Waals surface area (Å²) in [5.74, 6) is 0.462. The molecule has 0 atom stereocenters. The van der Waals surface area contributed by atoms with Crippen LogP contribution in [0.3, 0.4) is 0 Å². The average Bonchev–Trinajstić information content (AvgIpc) is 2.19. The van der Waals surface area contributed by atoms with E-state index in [0.29, 0.717) is 12.5 Å². The molecular weight excluding hydrogens is 178 g/mol. The third kappa shape index (κ3) is 2.87. The third-order valence-electron chi connectivity index (χ3n) is 2.84. The van der Waals surface area contributed by atoms with E-state index in [1.165, 1.54) is 6.42 Å². The van der Waals surface area contributed by atoms with E-state index in [2.05, 4.69) is 10.3 Å². The molecule has 0 saturated heterocycles. The maximum Gasteiger partial charge on any atom is 0.189 e. The largest absolute Gasteiger partial charge is 0.394 e. The van der Waals surface area contributed by atoms with Crippen LogP contribution < -0.4 is 11.1 Å². The monoisotopic (exact) mass is 199 g/mol. The highest BCUT2D eigenvalue weighted by Crippen LogP contribution is 2.27. The summed E-state index contributed by atoms with van der Waals surface area (Å²) in [6.07, 6.45) is 5.56. The SMILES string of the molecule is CCN=C(N)NC1(CO)CCCCC1. The van der Waals surface area contributed by atoms with Crippen LogP contribution in [0.1, 0.15) is 39.0 Å². The minimum absolute atomic E-state index is 0.146. The fraction of sp³-hybridized carbons (Fsp3) is 0.900. The van der Waals surface area contributed by atoms with Gasteiger partial charge in [0.15, 0.2) is 5.96 Å². The van der Waals surface area contributed by atoms with E-state index in [4.69, 9.17) is 5.73 Å². The molecule has 0 bridgehead atoms. The van der Waals surface area contributed by atoms with Gasteiger partial charge < -0.3 is 16.2 Å². The molecule has 0 radical (unpaired) electrons. The molecular formula is C10H21N3O. The van der Waals surface area contributed by atoms with Crippen molar-refractivity contribution in [3.63, 3.8) is 0 Å². The zero-order chi connectivity index (χ0) is 10.4. The Bertz CT molecular complexity index is 198. The molecule has 1 fully saturated rings. The molecule has 0 aromatic carbocycles. The molecule has 82 valence electrons. The van der Waals surface area contributed by atoms with Crippen molar-refractivity contribution in [3.8, 4) is 0 Å². The van der Waals surface area contributed by atoms with Crippen molar-refractivity contribution in [2.45, 2.75) is 44.6 Å². The summed E-state index contributed by atoms with van der Waals surface area (Å²) in [7, 11) is 0. The molecule has 0 unspecified atom stereocenters. The van der Waals surface area contributed by atoms with Gasteiger partial charge in [-0.05, 0) is 19.8 Å². The Morgan fingerprint density at radius 3 is 2.57 bits per heavy atom. The van der Waals surface area contributed by atoms with Gasteiger partial charge in [-0.15, -0.1) is 0 Å². The molecule has 0 heterocycles. The third-order valence-corrected chi connectivity index (χ3v) is 2.84. The van der Waals surface area contributed by atoms with Crippen LogP contribution in [0.5, 0.6) is 0 Å². The highest BCUT2D eigenvalue weighted by molar-refractivity contribution is 5.78. The van der Waals surface area contributed by atoms with Gasteiger partial charge in [-0.3, -0.25) is 4.99 Å². The van der Waals surface area contributed by atoms with E-state index < -0.39 is 0 Å². The summed E-state index contributed by atoms with van der Waals surface area (Å²) in [6.45, 7) is 2.77. The molecule has 0 spiro atoms. The minimum atomic E-state index is -0.207. The maximum absolute atomic E-state index is 9.39. The van der Waals surface area contributed by atoms with Crippen molar-refractivity contribution in [1.82, 2.24) is 5.32 Å². The molecule has 0 aliphatic heterocycles. The number of aliphatic hydroxyl groups excluding tert-OH is 1. The lowest BCUT2D eigenvalue weighted by atomic mass is 9.82. The highest BCUT2D eigenvalue weighted by atomic mass is 16.3. The van der Waals surface area contributed by atoms with Crippen LogP contribution in [0.15, 0.2) is 4.99 Å². The summed E-state index contributed by atoms with van der Waals surface area (Å²) in [5.41, 5.74) is 5.50. The van der Waals surface area contributed by atoms with Gasteiger partial charge in [-0.2, -0.15) is 0 Å². The molecule has 4 nitrogen and oxygen atoms in total. The van der Waals surface area contributed by atoms with Crippen molar-refractivity contribution in [3.05, 3.63) is 0 Å². The normalized spacial score (nSPS) is 22.0. The van der Waals surface area contributed by atoms with Crippen molar-refractivity contribution in [2.75, 3.05) is 13.2 Å². The predicted molar refractivity (Wildman–Crippen MR) is 58.2 cm³/mol. The van der Waals surface area contributed by atoms with Gasteiger partial charge in [0.1, 0.15) is 0 Å². The van der Waals surface area contributed by atoms with Crippen molar-refractivity contribution in [1.29, 1.82) is 0 Å². The van der Waals surface area contributed by atoms with E-state index in [1.54, 1.807) is 0 Å². The molecule has 1 rings (SSSR count). The van der Waals surface area contributed by atoms with Crippen LogP contribution in [0, 0.1) is 0 Å². The maximum atomic E-state index is 9.39. The Hall–Kier alpha value is -0.770. The number of nitrogens with one attached hydrogen (secondary N) is 1. The van der Waals surface area contributed by atoms with Crippen LogP contribution in [0.25, 0.3) is 0 Å². The Balaban J connectivity index is 2.55. The number of nitrogens with two attached hydrogens (primary N) is 1. The second-order valence-corrected chi connectivity index (χ2v) is 3.98. The fourth-order valence-corrected chi connectivity index (χ4v) is 2.03. The van der Waals surface area contributed by atoms with Crippen LogP contribution in [-0.2, 0) is 0 Å². The lowest BCUT2D eigenvalue weighted by Crippen LogP contribution is -2.54. The molecule has 0 aromatic heterocycles. The van der Waals surface area contributed by atoms with Crippen molar-refractivity contribution < 1.29 is 5.11 Å². The smallest absolute Gasteiger partial charge is 0.189 e. The van der Waals surface area contributed by atoms with Gasteiger partial charge in [0.25, 0.3) is 0 Å². The topological polar surface area (TPSA) is 70.6 Å². The summed E-state index contributed by atoms with van der Waals surface area (Å²) < 4.78 is 0. The molecule has 14 heavy (non-hydrogen) atoms. The zero-order valence-electron chi connectivity index (χ0n) is 8.92. The predicted octanol–water partition coefficient (Wildman–Crippen LogP) is 0.606. The summed E-state index contributed by atoms with van der Waals surface area (Å²) in [4.78, 5) is 4.08. The Morgan fingerprint density at radius 2 is 2.07 bits per heavy atom. The lowest BCUT2D eigenvalue weighted by molar-refractivity contribution is 0.139. The first-order valence-corrected chi connectivity index (χ1v) is 5.41. The summed E-state index contributed by atoms with van der Waals surface area (Å²) in [6, 6.07) is 0. The number of aliphatic imine (C=N–C) groups is 1. The lowest BCUT2D eigenvalue weighted by Gasteiger charge is -2.36. The number of nitrogens with zero attached hydrogens (tertiary/aromatic N) is 1. The quantitative estimate of drug-likeness (QED) is 0.460. The Kier molecular flexibility index (Phi) is 4.20. The number of rotatable bonds is 3. The number of hydrogen-bond donors (Lipinski definition) is 3. The Labute approximate surface area is 85.6 Å². The van der Waals surface area contributed by atoms with Gasteiger partial charge in [0.05, 0.1) is 12.1 Å². The zero-order valence-corrected chi connectivity index (χ0v) is 8.92. The van der Waals surface area contributed by atoms with Gasteiger partial charge in [-0.1, -0.05) is 19.3 Å². The molecule has 0 amide bonds. The van der Waals surface area contributed by atoms with Gasteiger partial charge >= 0.3 is 0 Å². The van der Waals surface area contributed by atoms with Gasteiger partial charge in [-0.25, -0.2) is 0 Å². The van der Waals surface area contributed by atoms with Crippen LogP contribution in [0.2, 0.25) is 0 Å². The highest BCUT2D eigenvalue weighted by Gasteiger charge is 2.31. The number of guanidine groups is 1. The van der Waals surface area contributed by atoms with E-state index in [0.717, 1.165) is 25.7 Å². The second kappa shape index (κ2) is 5.20. The first-order chi connectivity index (χ1) is 6.72.